The minimum atomic E-state index is -0.611. The summed E-state index contributed by atoms with van der Waals surface area (Å²) in [6.45, 7) is 1.03. The molecule has 0 saturated carbocycles. The van der Waals surface area contributed by atoms with Crippen molar-refractivity contribution in [2.24, 2.45) is 0 Å². The lowest BCUT2D eigenvalue weighted by Gasteiger charge is -2.09. The number of nitrogens with one attached hydrogen (secondary N) is 3. The molecule has 7 heteroatoms. The molecule has 3 N–H and O–H groups in total. The first-order valence-electron chi connectivity index (χ1n) is 7.21. The van der Waals surface area contributed by atoms with Crippen molar-refractivity contribution in [3.63, 3.8) is 0 Å². The van der Waals surface area contributed by atoms with E-state index in [2.05, 4.69) is 16.0 Å². The van der Waals surface area contributed by atoms with Gasteiger partial charge in [0, 0.05) is 13.0 Å². The van der Waals surface area contributed by atoms with Gasteiger partial charge in [0.2, 0.25) is 5.91 Å². The summed E-state index contributed by atoms with van der Waals surface area (Å²) in [7, 11) is 0. The Morgan fingerprint density at radius 2 is 2.00 bits per heavy atom. The normalized spacial score (nSPS) is 16.8. The average Bonchev–Trinajstić information content (AvgIpc) is 2.84. The van der Waals surface area contributed by atoms with Gasteiger partial charge in [0.1, 0.15) is 11.8 Å². The highest BCUT2D eigenvalue weighted by Gasteiger charge is 2.29. The molecule has 1 atom stereocenters. The van der Waals surface area contributed by atoms with Crippen molar-refractivity contribution in [2.45, 2.75) is 25.3 Å². The first-order chi connectivity index (χ1) is 10.6. The Morgan fingerprint density at radius 1 is 1.23 bits per heavy atom. The molecule has 1 heterocycles. The van der Waals surface area contributed by atoms with Crippen LogP contribution in [0.3, 0.4) is 0 Å². The summed E-state index contributed by atoms with van der Waals surface area (Å²) in [6.07, 6.45) is 1.18. The fourth-order valence-corrected chi connectivity index (χ4v) is 2.03. The van der Waals surface area contributed by atoms with Gasteiger partial charge in [-0.15, -0.1) is 0 Å². The third kappa shape index (κ3) is 5.08. The number of urea groups is 1. The van der Waals surface area contributed by atoms with Crippen LogP contribution in [-0.4, -0.2) is 37.0 Å². The zero-order valence-corrected chi connectivity index (χ0v) is 12.1. The van der Waals surface area contributed by atoms with E-state index in [9.17, 15) is 14.4 Å². The number of imide groups is 1. The van der Waals surface area contributed by atoms with E-state index >= 15 is 0 Å². The molecule has 1 aliphatic heterocycles. The van der Waals surface area contributed by atoms with E-state index in [1.165, 1.54) is 0 Å². The lowest BCUT2D eigenvalue weighted by atomic mass is 10.1. The Labute approximate surface area is 128 Å². The number of carbonyl (C=O) groups is 3. The molecule has 1 aromatic rings. The number of rotatable bonds is 8. The Balaban J connectivity index is 1.53. The number of hydrogen-bond donors (Lipinski definition) is 3. The highest BCUT2D eigenvalue weighted by Crippen LogP contribution is 2.08. The summed E-state index contributed by atoms with van der Waals surface area (Å²) in [4.78, 5) is 33.8. The molecule has 118 valence electrons. The minimum absolute atomic E-state index is 0.145. The quantitative estimate of drug-likeness (QED) is 0.483. The summed E-state index contributed by atoms with van der Waals surface area (Å²) < 4.78 is 5.50. The summed E-state index contributed by atoms with van der Waals surface area (Å²) in [5.74, 6) is 0.277. The van der Waals surface area contributed by atoms with Gasteiger partial charge >= 0.3 is 6.03 Å². The number of carbonyl (C=O) groups excluding carboxylic acids is 3. The van der Waals surface area contributed by atoms with Gasteiger partial charge in [0.25, 0.3) is 5.91 Å². The number of ether oxygens (including phenoxy) is 1. The summed E-state index contributed by atoms with van der Waals surface area (Å²) >= 11 is 0. The fraction of sp³-hybridized carbons (Fsp3) is 0.400. The predicted molar refractivity (Wildman–Crippen MR) is 79.3 cm³/mol. The molecule has 1 aliphatic rings. The second kappa shape index (κ2) is 8.02. The van der Waals surface area contributed by atoms with E-state index in [0.717, 1.165) is 5.75 Å². The van der Waals surface area contributed by atoms with E-state index in [1.807, 2.05) is 30.3 Å². The molecule has 0 radical (unpaired) electrons. The Kier molecular flexibility index (Phi) is 5.76. The van der Waals surface area contributed by atoms with Crippen LogP contribution in [0.2, 0.25) is 0 Å². The van der Waals surface area contributed by atoms with Crippen molar-refractivity contribution >= 4 is 17.8 Å². The molecule has 1 fully saturated rings. The van der Waals surface area contributed by atoms with Crippen molar-refractivity contribution in [3.8, 4) is 5.75 Å². The van der Waals surface area contributed by atoms with Crippen LogP contribution in [-0.2, 0) is 9.59 Å². The van der Waals surface area contributed by atoms with Crippen molar-refractivity contribution in [1.82, 2.24) is 16.0 Å². The van der Waals surface area contributed by atoms with Gasteiger partial charge in [-0.1, -0.05) is 18.2 Å². The number of hydrogen-bond acceptors (Lipinski definition) is 4. The zero-order chi connectivity index (χ0) is 15.8. The van der Waals surface area contributed by atoms with Gasteiger partial charge in [0.05, 0.1) is 6.61 Å². The molecule has 4 amide bonds. The van der Waals surface area contributed by atoms with Crippen LogP contribution in [0, 0.1) is 0 Å². The number of amides is 4. The fourth-order valence-electron chi connectivity index (χ4n) is 2.03. The Morgan fingerprint density at radius 3 is 2.68 bits per heavy atom. The molecule has 1 saturated heterocycles. The van der Waals surface area contributed by atoms with Gasteiger partial charge in [-0.3, -0.25) is 14.9 Å². The van der Waals surface area contributed by atoms with Crippen molar-refractivity contribution in [1.29, 1.82) is 0 Å². The Hall–Kier alpha value is -2.57. The SMILES string of the molecule is O=C(CCC1NC(=O)NC1=O)NCCCOc1ccccc1. The van der Waals surface area contributed by atoms with E-state index in [0.29, 0.717) is 26.0 Å². The molecule has 1 aromatic carbocycles. The van der Waals surface area contributed by atoms with Crippen LogP contribution in [0.15, 0.2) is 30.3 Å². The van der Waals surface area contributed by atoms with Gasteiger partial charge in [-0.25, -0.2) is 4.79 Å². The van der Waals surface area contributed by atoms with E-state index in [1.54, 1.807) is 0 Å². The van der Waals surface area contributed by atoms with Crippen LogP contribution in [0.25, 0.3) is 0 Å². The largest absolute Gasteiger partial charge is 0.494 e. The monoisotopic (exact) mass is 305 g/mol. The van der Waals surface area contributed by atoms with Gasteiger partial charge in [0.15, 0.2) is 0 Å². The van der Waals surface area contributed by atoms with E-state index in [4.69, 9.17) is 4.74 Å². The topological polar surface area (TPSA) is 96.5 Å². The minimum Gasteiger partial charge on any atom is -0.494 e. The van der Waals surface area contributed by atoms with Crippen molar-refractivity contribution in [2.75, 3.05) is 13.2 Å². The van der Waals surface area contributed by atoms with Gasteiger partial charge in [-0.2, -0.15) is 0 Å². The predicted octanol–water partition coefficient (Wildman–Crippen LogP) is 0.560. The highest BCUT2D eigenvalue weighted by molar-refractivity contribution is 6.04. The molecular formula is C15H19N3O4. The van der Waals surface area contributed by atoms with E-state index < -0.39 is 12.1 Å². The van der Waals surface area contributed by atoms with Crippen LogP contribution >= 0.6 is 0 Å². The second-order valence-electron chi connectivity index (χ2n) is 4.92. The lowest BCUT2D eigenvalue weighted by Crippen LogP contribution is -2.32. The summed E-state index contributed by atoms with van der Waals surface area (Å²) in [6, 6.07) is 8.34. The maximum Gasteiger partial charge on any atom is 0.322 e. The molecule has 7 nitrogen and oxygen atoms in total. The molecule has 0 bridgehead atoms. The lowest BCUT2D eigenvalue weighted by molar-refractivity contribution is -0.122. The molecule has 0 aromatic heterocycles. The van der Waals surface area contributed by atoms with Crippen molar-refractivity contribution in [3.05, 3.63) is 30.3 Å². The second-order valence-corrected chi connectivity index (χ2v) is 4.92. The van der Waals surface area contributed by atoms with Gasteiger partial charge < -0.3 is 15.4 Å². The molecule has 22 heavy (non-hydrogen) atoms. The van der Waals surface area contributed by atoms with Crippen LogP contribution < -0.4 is 20.7 Å². The smallest absolute Gasteiger partial charge is 0.322 e. The molecule has 0 spiro atoms. The van der Waals surface area contributed by atoms with Crippen LogP contribution in [0.1, 0.15) is 19.3 Å². The molecule has 2 rings (SSSR count). The van der Waals surface area contributed by atoms with Gasteiger partial charge in [-0.05, 0) is 25.0 Å². The third-order valence-corrected chi connectivity index (χ3v) is 3.17. The third-order valence-electron chi connectivity index (χ3n) is 3.17. The highest BCUT2D eigenvalue weighted by atomic mass is 16.5. The van der Waals surface area contributed by atoms with E-state index in [-0.39, 0.29) is 18.2 Å². The first kappa shape index (κ1) is 15.8. The maximum atomic E-state index is 11.6. The maximum absolute atomic E-state index is 11.6. The zero-order valence-electron chi connectivity index (χ0n) is 12.1. The molecule has 1 unspecified atom stereocenters. The summed E-state index contributed by atoms with van der Waals surface area (Å²) in [5, 5.41) is 7.34. The first-order valence-corrected chi connectivity index (χ1v) is 7.21. The standard InChI is InChI=1S/C15H19N3O4/c19-13(8-7-12-14(20)18-15(21)17-12)16-9-4-10-22-11-5-2-1-3-6-11/h1-3,5-6,12H,4,7-10H2,(H,16,19)(H2,17,18,20,21). The molecule has 0 aliphatic carbocycles. The Bertz CT molecular complexity index is 533. The average molecular weight is 305 g/mol. The molecular weight excluding hydrogens is 286 g/mol. The number of benzene rings is 1. The van der Waals surface area contributed by atoms with Crippen molar-refractivity contribution < 1.29 is 19.1 Å². The number of para-hydroxylation sites is 1. The van der Waals surface area contributed by atoms with Crippen LogP contribution in [0.4, 0.5) is 4.79 Å². The van der Waals surface area contributed by atoms with Crippen LogP contribution in [0.5, 0.6) is 5.75 Å². The summed E-state index contributed by atoms with van der Waals surface area (Å²) in [5.41, 5.74) is 0.